The maximum absolute atomic E-state index is 11.7. The predicted molar refractivity (Wildman–Crippen MR) is 66.3 cm³/mol. The number of allylic oxidation sites excluding steroid dienone is 2. The summed E-state index contributed by atoms with van der Waals surface area (Å²) in [6.07, 6.45) is 2.11. The van der Waals surface area contributed by atoms with Crippen molar-refractivity contribution in [2.75, 3.05) is 6.54 Å². The minimum absolute atomic E-state index is 0.0867. The molecule has 20 heavy (non-hydrogen) atoms. The summed E-state index contributed by atoms with van der Waals surface area (Å²) < 4.78 is 33.5. The number of hydrogen-bond acceptors (Lipinski definition) is 6. The second kappa shape index (κ2) is 4.34. The van der Waals surface area contributed by atoms with Gasteiger partial charge in [-0.1, -0.05) is 6.58 Å². The van der Waals surface area contributed by atoms with Crippen molar-refractivity contribution in [1.29, 1.82) is 0 Å². The van der Waals surface area contributed by atoms with Gasteiger partial charge in [0.25, 0.3) is 0 Å². The van der Waals surface area contributed by atoms with Crippen LogP contribution in [0.25, 0.3) is 0 Å². The fraction of sp³-hybridized carbons (Fsp3) is 0.500. The molecule has 2 aliphatic carbocycles. The van der Waals surface area contributed by atoms with E-state index in [4.69, 9.17) is 8.92 Å². The van der Waals surface area contributed by atoms with E-state index in [0.717, 1.165) is 6.08 Å². The van der Waals surface area contributed by atoms with Crippen LogP contribution in [0.2, 0.25) is 0 Å². The lowest BCUT2D eigenvalue weighted by Crippen LogP contribution is -2.29. The first-order valence-electron chi connectivity index (χ1n) is 6.20. The molecule has 8 heteroatoms. The fourth-order valence-corrected chi connectivity index (χ4v) is 4.69. The van der Waals surface area contributed by atoms with Crippen molar-refractivity contribution >= 4 is 22.0 Å². The molecular formula is C12H13NO6S. The number of hydrogen-bond donors (Lipinski definition) is 1. The lowest BCUT2D eigenvalue weighted by atomic mass is 10.0. The Balaban J connectivity index is 1.70. The quantitative estimate of drug-likeness (QED) is 0.439. The van der Waals surface area contributed by atoms with Gasteiger partial charge in [-0.25, -0.2) is 4.79 Å². The molecule has 3 atom stereocenters. The zero-order chi connectivity index (χ0) is 14.5. The third-order valence-corrected chi connectivity index (χ3v) is 5.52. The van der Waals surface area contributed by atoms with Crippen molar-refractivity contribution in [3.63, 3.8) is 0 Å². The monoisotopic (exact) mass is 299 g/mol. The van der Waals surface area contributed by atoms with Crippen LogP contribution in [0.1, 0.15) is 12.8 Å². The molecule has 0 spiro atoms. The summed E-state index contributed by atoms with van der Waals surface area (Å²) in [6.45, 7) is 2.96. The minimum atomic E-state index is -3.56. The van der Waals surface area contributed by atoms with Crippen molar-refractivity contribution in [3.05, 3.63) is 24.2 Å². The second-order valence-electron chi connectivity index (χ2n) is 5.01. The molecule has 1 N–H and O–H groups in total. The molecule has 0 aromatic heterocycles. The minimum Gasteiger partial charge on any atom is -0.426 e. The smallest absolute Gasteiger partial charge is 0.330 e. The van der Waals surface area contributed by atoms with Crippen LogP contribution in [0, 0.1) is 11.8 Å². The Labute approximate surface area is 115 Å². The van der Waals surface area contributed by atoms with E-state index < -0.39 is 27.2 Å². The molecule has 0 aromatic rings. The molecule has 3 rings (SSSR count). The summed E-state index contributed by atoms with van der Waals surface area (Å²) in [5.41, 5.74) is 0. The van der Waals surface area contributed by atoms with Crippen molar-refractivity contribution in [1.82, 2.24) is 5.32 Å². The average molecular weight is 299 g/mol. The first-order chi connectivity index (χ1) is 9.42. The summed E-state index contributed by atoms with van der Waals surface area (Å²) >= 11 is 0. The van der Waals surface area contributed by atoms with Crippen LogP contribution < -0.4 is 5.32 Å². The average Bonchev–Trinajstić information content (AvgIpc) is 3.00. The topological polar surface area (TPSA) is 98.8 Å². The van der Waals surface area contributed by atoms with E-state index in [1.165, 1.54) is 0 Å². The van der Waals surface area contributed by atoms with E-state index in [-0.39, 0.29) is 24.1 Å². The highest BCUT2D eigenvalue weighted by atomic mass is 32.2. The van der Waals surface area contributed by atoms with Gasteiger partial charge in [0.05, 0.1) is 0 Å². The first-order valence-corrected chi connectivity index (χ1v) is 7.68. The first kappa shape index (κ1) is 13.2. The number of nitrogens with one attached hydrogen (secondary N) is 1. The van der Waals surface area contributed by atoms with Crippen LogP contribution >= 0.6 is 0 Å². The Bertz CT molecular complexity index is 634. The van der Waals surface area contributed by atoms with E-state index >= 15 is 0 Å². The second-order valence-corrected chi connectivity index (χ2v) is 6.77. The molecule has 2 bridgehead atoms. The van der Waals surface area contributed by atoms with Gasteiger partial charge in [0.15, 0.2) is 11.5 Å². The van der Waals surface area contributed by atoms with Crippen molar-refractivity contribution < 1.29 is 26.9 Å². The third-order valence-electron chi connectivity index (χ3n) is 3.85. The van der Waals surface area contributed by atoms with E-state index in [0.29, 0.717) is 18.6 Å². The molecule has 7 nitrogen and oxygen atoms in total. The van der Waals surface area contributed by atoms with Crippen LogP contribution in [0.3, 0.4) is 0 Å². The van der Waals surface area contributed by atoms with E-state index in [9.17, 15) is 18.0 Å². The van der Waals surface area contributed by atoms with Crippen LogP contribution in [0.5, 0.6) is 0 Å². The van der Waals surface area contributed by atoms with Gasteiger partial charge in [-0.3, -0.25) is 4.79 Å². The summed E-state index contributed by atoms with van der Waals surface area (Å²) in [7, 11) is -3.56. The molecule has 3 unspecified atom stereocenters. The van der Waals surface area contributed by atoms with Gasteiger partial charge in [-0.15, -0.1) is 0 Å². The van der Waals surface area contributed by atoms with Gasteiger partial charge in [0.2, 0.25) is 5.91 Å². The van der Waals surface area contributed by atoms with Crippen molar-refractivity contribution in [2.24, 2.45) is 11.8 Å². The summed E-state index contributed by atoms with van der Waals surface area (Å²) in [4.78, 5) is 22.6. The van der Waals surface area contributed by atoms with Crippen LogP contribution in [-0.2, 0) is 28.6 Å². The predicted octanol–water partition coefficient (Wildman–Crippen LogP) is -0.188. The molecule has 1 aliphatic heterocycles. The molecular weight excluding hydrogens is 286 g/mol. The maximum Gasteiger partial charge on any atom is 0.330 e. The molecule has 1 amide bonds. The van der Waals surface area contributed by atoms with Gasteiger partial charge in [0.1, 0.15) is 11.8 Å². The molecule has 1 heterocycles. The van der Waals surface area contributed by atoms with Gasteiger partial charge in [-0.05, 0) is 18.9 Å². The summed E-state index contributed by atoms with van der Waals surface area (Å²) in [5.74, 6) is -0.821. The molecule has 3 aliphatic rings. The van der Waals surface area contributed by atoms with E-state index in [2.05, 4.69) is 11.9 Å². The van der Waals surface area contributed by atoms with Crippen LogP contribution in [0.4, 0.5) is 0 Å². The Kier molecular flexibility index (Phi) is 2.86. The normalized spacial score (nSPS) is 31.9. The largest absolute Gasteiger partial charge is 0.426 e. The Morgan fingerprint density at radius 1 is 1.45 bits per heavy atom. The number of ether oxygens (including phenoxy) is 1. The van der Waals surface area contributed by atoms with Gasteiger partial charge in [-0.2, -0.15) is 8.42 Å². The number of esters is 1. The van der Waals surface area contributed by atoms with Gasteiger partial charge < -0.3 is 14.2 Å². The number of carbonyl (C=O) groups excluding carboxylic acids is 2. The highest BCUT2D eigenvalue weighted by molar-refractivity contribution is 7.87. The highest BCUT2D eigenvalue weighted by Crippen LogP contribution is 2.56. The molecule has 108 valence electrons. The number of carbonyl (C=O) groups is 2. The SMILES string of the molecule is C=CC(=O)NCC(=O)OC1=C2OS(=O)(=O)C3CC1CC23. The van der Waals surface area contributed by atoms with E-state index in [1.54, 1.807) is 0 Å². The standard InChI is InChI=1S/C12H13NO6S/c1-2-9(14)13-5-10(15)18-11-6-3-7-8(4-6)20(16,17)19-12(7)11/h2,6-8H,1,3-5H2,(H,13,14). The van der Waals surface area contributed by atoms with Crippen molar-refractivity contribution in [2.45, 2.75) is 18.1 Å². The highest BCUT2D eigenvalue weighted by Gasteiger charge is 2.60. The third kappa shape index (κ3) is 1.91. The summed E-state index contributed by atoms with van der Waals surface area (Å²) in [6, 6.07) is 0. The molecule has 1 saturated carbocycles. The maximum atomic E-state index is 11.7. The molecule has 1 saturated heterocycles. The molecule has 2 fully saturated rings. The van der Waals surface area contributed by atoms with Gasteiger partial charge in [0, 0.05) is 11.8 Å². The lowest BCUT2D eigenvalue weighted by Gasteiger charge is -2.13. The zero-order valence-corrected chi connectivity index (χ0v) is 11.3. The lowest BCUT2D eigenvalue weighted by molar-refractivity contribution is -0.140. The van der Waals surface area contributed by atoms with Gasteiger partial charge >= 0.3 is 16.1 Å². The molecule has 0 aromatic carbocycles. The fourth-order valence-electron chi connectivity index (χ4n) is 3.01. The number of rotatable bonds is 4. The Morgan fingerprint density at radius 2 is 2.20 bits per heavy atom. The van der Waals surface area contributed by atoms with E-state index in [1.807, 2.05) is 0 Å². The Morgan fingerprint density at radius 3 is 2.90 bits per heavy atom. The zero-order valence-electron chi connectivity index (χ0n) is 10.5. The number of amides is 1. The van der Waals surface area contributed by atoms with Crippen LogP contribution in [0.15, 0.2) is 24.2 Å². The van der Waals surface area contributed by atoms with Crippen LogP contribution in [-0.4, -0.2) is 32.1 Å². The molecule has 0 radical (unpaired) electrons. The van der Waals surface area contributed by atoms with Crippen molar-refractivity contribution in [3.8, 4) is 0 Å². The Hall–Kier alpha value is -1.83. The number of fused-ring (bicyclic) bond motifs is 1. The summed E-state index contributed by atoms with van der Waals surface area (Å²) in [5, 5.41) is 1.80.